The highest BCUT2D eigenvalue weighted by atomic mass is 19.4. The van der Waals surface area contributed by atoms with Gasteiger partial charge in [0.1, 0.15) is 0 Å². The molecule has 1 saturated heterocycles. The summed E-state index contributed by atoms with van der Waals surface area (Å²) in [5.74, 6) is -0.600. The molecule has 1 fully saturated rings. The highest BCUT2D eigenvalue weighted by molar-refractivity contribution is 6.01. The minimum atomic E-state index is -4.91. The van der Waals surface area contributed by atoms with Gasteiger partial charge >= 0.3 is 12.4 Å². The van der Waals surface area contributed by atoms with Gasteiger partial charge in [-0.1, -0.05) is 0 Å². The monoisotopic (exact) mass is 296 g/mol. The summed E-state index contributed by atoms with van der Waals surface area (Å²) in [6.45, 7) is 0.0669. The standard InChI is InChI=1S/C12H8F6NO/c13-11(14,15)7-4-8(12(16,17)18)6-9(5-7)19-3-1-2-10(19)20/h2,4-6H,1,3H2. The Balaban J connectivity index is 2.54. The molecule has 20 heavy (non-hydrogen) atoms. The van der Waals surface area contributed by atoms with Crippen LogP contribution in [0, 0.1) is 6.42 Å². The van der Waals surface area contributed by atoms with Gasteiger partial charge in [0.25, 0.3) is 0 Å². The third-order valence-electron chi connectivity index (χ3n) is 2.82. The number of rotatable bonds is 1. The van der Waals surface area contributed by atoms with Crippen LogP contribution in [0.1, 0.15) is 17.5 Å². The van der Waals surface area contributed by atoms with E-state index < -0.39 is 35.1 Å². The van der Waals surface area contributed by atoms with Gasteiger partial charge in [-0.2, -0.15) is 26.3 Å². The number of anilines is 1. The molecule has 2 nitrogen and oxygen atoms in total. The van der Waals surface area contributed by atoms with Gasteiger partial charge in [-0.25, -0.2) is 0 Å². The SMILES string of the molecule is O=C1[CH]CCN1c1cc(C(F)(F)F)cc(C(F)(F)F)c1. The predicted octanol–water partition coefficient (Wildman–Crippen LogP) is 3.67. The number of alkyl halides is 6. The van der Waals surface area contributed by atoms with E-state index in [0.29, 0.717) is 12.1 Å². The number of nitrogens with zero attached hydrogens (tertiary/aromatic N) is 1. The first kappa shape index (κ1) is 14.7. The highest BCUT2D eigenvalue weighted by Gasteiger charge is 2.38. The largest absolute Gasteiger partial charge is 0.416 e. The lowest BCUT2D eigenvalue weighted by Crippen LogP contribution is -2.25. The Hall–Kier alpha value is -1.73. The maximum absolute atomic E-state index is 12.6. The van der Waals surface area contributed by atoms with E-state index in [1.807, 2.05) is 0 Å². The van der Waals surface area contributed by atoms with Crippen LogP contribution in [0.5, 0.6) is 0 Å². The van der Waals surface area contributed by atoms with E-state index in [2.05, 4.69) is 0 Å². The van der Waals surface area contributed by atoms with Crippen LogP contribution in [-0.4, -0.2) is 12.5 Å². The van der Waals surface area contributed by atoms with Crippen molar-refractivity contribution in [3.8, 4) is 0 Å². The first-order valence-corrected chi connectivity index (χ1v) is 5.53. The Labute approximate surface area is 110 Å². The zero-order valence-electron chi connectivity index (χ0n) is 9.85. The van der Waals surface area contributed by atoms with E-state index in [9.17, 15) is 31.1 Å². The third-order valence-corrected chi connectivity index (χ3v) is 2.82. The van der Waals surface area contributed by atoms with Gasteiger partial charge in [-0.3, -0.25) is 4.79 Å². The van der Waals surface area contributed by atoms with Crippen LogP contribution >= 0.6 is 0 Å². The molecule has 1 heterocycles. The van der Waals surface area contributed by atoms with Crippen LogP contribution < -0.4 is 4.90 Å². The van der Waals surface area contributed by atoms with E-state index in [1.165, 1.54) is 6.42 Å². The second kappa shape index (κ2) is 4.68. The molecule has 0 N–H and O–H groups in total. The minimum absolute atomic E-state index is 0.0355. The van der Waals surface area contributed by atoms with Crippen molar-refractivity contribution in [3.63, 3.8) is 0 Å². The summed E-state index contributed by atoms with van der Waals surface area (Å²) in [6, 6.07) is 1.13. The number of carbonyl (C=O) groups excluding carboxylic acids is 1. The second-order valence-corrected chi connectivity index (χ2v) is 4.25. The summed E-state index contributed by atoms with van der Waals surface area (Å²) >= 11 is 0. The molecule has 8 heteroatoms. The highest BCUT2D eigenvalue weighted by Crippen LogP contribution is 2.38. The van der Waals surface area contributed by atoms with Gasteiger partial charge < -0.3 is 4.90 Å². The van der Waals surface area contributed by atoms with Gasteiger partial charge in [0.2, 0.25) is 5.91 Å². The van der Waals surface area contributed by atoms with E-state index in [4.69, 9.17) is 0 Å². The second-order valence-electron chi connectivity index (χ2n) is 4.25. The van der Waals surface area contributed by atoms with E-state index in [1.54, 1.807) is 0 Å². The summed E-state index contributed by atoms with van der Waals surface area (Å²) in [5, 5.41) is 0. The fourth-order valence-corrected chi connectivity index (χ4v) is 1.89. The normalized spacial score (nSPS) is 16.9. The lowest BCUT2D eigenvalue weighted by molar-refractivity contribution is -0.143. The summed E-state index contributed by atoms with van der Waals surface area (Å²) in [5.41, 5.74) is -3.25. The number of amides is 1. The molecule has 0 unspecified atom stereocenters. The van der Waals surface area contributed by atoms with Crippen LogP contribution in [0.3, 0.4) is 0 Å². The smallest absolute Gasteiger partial charge is 0.312 e. The maximum atomic E-state index is 12.6. The molecular formula is C12H8F6NO. The number of halogens is 6. The lowest BCUT2D eigenvalue weighted by atomic mass is 10.1. The Bertz CT molecular complexity index is 501. The van der Waals surface area contributed by atoms with Gasteiger partial charge in [-0.15, -0.1) is 0 Å². The minimum Gasteiger partial charge on any atom is -0.312 e. The van der Waals surface area contributed by atoms with Crippen molar-refractivity contribution in [2.75, 3.05) is 11.4 Å². The van der Waals surface area contributed by atoms with E-state index in [-0.39, 0.29) is 19.0 Å². The van der Waals surface area contributed by atoms with Crippen LogP contribution in [0.2, 0.25) is 0 Å². The van der Waals surface area contributed by atoms with E-state index in [0.717, 1.165) is 4.90 Å². The number of carbonyl (C=O) groups is 1. The summed E-state index contributed by atoms with van der Waals surface area (Å²) in [6.07, 6.45) is -8.32. The molecule has 1 radical (unpaired) electrons. The molecule has 0 bridgehead atoms. The molecule has 0 saturated carbocycles. The van der Waals surface area contributed by atoms with Crippen molar-refractivity contribution in [1.82, 2.24) is 0 Å². The molecule has 0 atom stereocenters. The topological polar surface area (TPSA) is 20.3 Å². The molecule has 2 rings (SSSR count). The molecule has 1 aliphatic rings. The third kappa shape index (κ3) is 2.88. The molecule has 0 aromatic heterocycles. The Morgan fingerprint density at radius 2 is 1.40 bits per heavy atom. The van der Waals surface area contributed by atoms with Crippen molar-refractivity contribution in [2.24, 2.45) is 0 Å². The molecule has 1 aromatic rings. The molecule has 1 aliphatic heterocycles. The van der Waals surface area contributed by atoms with Crippen LogP contribution in [0.4, 0.5) is 32.0 Å². The van der Waals surface area contributed by atoms with E-state index >= 15 is 0 Å². The fourth-order valence-electron chi connectivity index (χ4n) is 1.89. The van der Waals surface area contributed by atoms with Crippen LogP contribution in [-0.2, 0) is 17.1 Å². The number of benzene rings is 1. The van der Waals surface area contributed by atoms with Gasteiger partial charge in [0.05, 0.1) is 17.5 Å². The van der Waals surface area contributed by atoms with Gasteiger partial charge in [-0.05, 0) is 24.6 Å². The van der Waals surface area contributed by atoms with Crippen molar-refractivity contribution >= 4 is 11.6 Å². The average Bonchev–Trinajstić information content (AvgIpc) is 2.72. The molecule has 109 valence electrons. The molecule has 0 spiro atoms. The van der Waals surface area contributed by atoms with Gasteiger partial charge in [0, 0.05) is 12.2 Å². The lowest BCUT2D eigenvalue weighted by Gasteiger charge is -2.20. The predicted molar refractivity (Wildman–Crippen MR) is 57.7 cm³/mol. The molecular weight excluding hydrogens is 288 g/mol. The quantitative estimate of drug-likeness (QED) is 0.724. The Kier molecular flexibility index (Phi) is 3.43. The van der Waals surface area contributed by atoms with Crippen LogP contribution in [0.15, 0.2) is 18.2 Å². The summed E-state index contributed by atoms with van der Waals surface area (Å²) in [7, 11) is 0. The Morgan fingerprint density at radius 1 is 0.900 bits per heavy atom. The molecule has 0 aliphatic carbocycles. The fraction of sp³-hybridized carbons (Fsp3) is 0.333. The average molecular weight is 296 g/mol. The number of hydrogen-bond acceptors (Lipinski definition) is 1. The van der Waals surface area contributed by atoms with Crippen molar-refractivity contribution < 1.29 is 31.1 Å². The van der Waals surface area contributed by atoms with Crippen LogP contribution in [0.25, 0.3) is 0 Å². The summed E-state index contributed by atoms with van der Waals surface area (Å²) in [4.78, 5) is 12.3. The molecule has 1 amide bonds. The van der Waals surface area contributed by atoms with Crippen molar-refractivity contribution in [2.45, 2.75) is 18.8 Å². The first-order valence-electron chi connectivity index (χ1n) is 5.53. The molecule has 1 aromatic carbocycles. The number of hydrogen-bond donors (Lipinski definition) is 0. The zero-order chi connectivity index (χ0) is 15.1. The maximum Gasteiger partial charge on any atom is 0.416 e. The van der Waals surface area contributed by atoms with Crippen molar-refractivity contribution in [3.05, 3.63) is 35.7 Å². The first-order chi connectivity index (χ1) is 9.09. The van der Waals surface area contributed by atoms with Gasteiger partial charge in [0.15, 0.2) is 0 Å². The Morgan fingerprint density at radius 3 is 1.75 bits per heavy atom. The van der Waals surface area contributed by atoms with Crippen molar-refractivity contribution in [1.29, 1.82) is 0 Å². The summed E-state index contributed by atoms with van der Waals surface area (Å²) < 4.78 is 75.8. The zero-order valence-corrected chi connectivity index (χ0v) is 9.85.